The first-order valence-corrected chi connectivity index (χ1v) is 9.14. The summed E-state index contributed by atoms with van der Waals surface area (Å²) in [6.45, 7) is 8.58. The number of aryl methyl sites for hydroxylation is 1. The van der Waals surface area contributed by atoms with E-state index in [1.54, 1.807) is 0 Å². The van der Waals surface area contributed by atoms with Crippen LogP contribution in [0.3, 0.4) is 0 Å². The fourth-order valence-corrected chi connectivity index (χ4v) is 3.74. The van der Waals surface area contributed by atoms with E-state index in [9.17, 15) is 4.79 Å². The molecule has 6 nitrogen and oxygen atoms in total. The number of rotatable bonds is 5. The summed E-state index contributed by atoms with van der Waals surface area (Å²) in [7, 11) is 2.04. The fourth-order valence-electron chi connectivity index (χ4n) is 3.74. The predicted octanol–water partition coefficient (Wildman–Crippen LogP) is 2.92. The molecule has 2 unspecified atom stereocenters. The Morgan fingerprint density at radius 2 is 1.96 bits per heavy atom. The van der Waals surface area contributed by atoms with Gasteiger partial charge in [0.1, 0.15) is 5.82 Å². The zero-order valence-corrected chi connectivity index (χ0v) is 15.8. The molecule has 136 valence electrons. The van der Waals surface area contributed by atoms with Gasteiger partial charge in [-0.15, -0.1) is 0 Å². The second-order valence-electron chi connectivity index (χ2n) is 7.50. The molecule has 2 aromatic rings. The van der Waals surface area contributed by atoms with Gasteiger partial charge < -0.3 is 9.88 Å². The Bertz CT molecular complexity index is 757. The van der Waals surface area contributed by atoms with Crippen LogP contribution in [-0.2, 0) is 11.8 Å². The maximum atomic E-state index is 12.3. The molecule has 1 aromatic heterocycles. The van der Waals surface area contributed by atoms with Crippen LogP contribution in [-0.4, -0.2) is 27.5 Å². The molecule has 25 heavy (non-hydrogen) atoms. The van der Waals surface area contributed by atoms with Gasteiger partial charge >= 0.3 is 0 Å². The number of fused-ring (bicyclic) bond motifs is 1. The van der Waals surface area contributed by atoms with Crippen molar-refractivity contribution in [1.82, 2.24) is 20.4 Å². The van der Waals surface area contributed by atoms with Crippen LogP contribution in [0.1, 0.15) is 52.3 Å². The van der Waals surface area contributed by atoms with E-state index in [0.717, 1.165) is 29.0 Å². The van der Waals surface area contributed by atoms with Gasteiger partial charge in [-0.1, -0.05) is 13.8 Å². The molecular formula is C19H29N5O. The van der Waals surface area contributed by atoms with Crippen LogP contribution in [0.25, 0.3) is 11.0 Å². The smallest absolute Gasteiger partial charge is 0.224 e. The Morgan fingerprint density at radius 1 is 1.28 bits per heavy atom. The molecule has 0 saturated carbocycles. The van der Waals surface area contributed by atoms with E-state index >= 15 is 0 Å². The molecule has 1 aliphatic rings. The Hall–Kier alpha value is -1.92. The van der Waals surface area contributed by atoms with Crippen LogP contribution in [0.2, 0.25) is 0 Å². The van der Waals surface area contributed by atoms with Crippen molar-refractivity contribution in [1.29, 1.82) is 0 Å². The lowest BCUT2D eigenvalue weighted by Gasteiger charge is -2.17. The van der Waals surface area contributed by atoms with Crippen LogP contribution in [0, 0.1) is 5.92 Å². The molecule has 1 fully saturated rings. The van der Waals surface area contributed by atoms with Gasteiger partial charge in [0.2, 0.25) is 5.91 Å². The molecular weight excluding hydrogens is 314 g/mol. The molecule has 0 spiro atoms. The van der Waals surface area contributed by atoms with E-state index in [1.807, 2.05) is 25.2 Å². The van der Waals surface area contributed by atoms with Crippen LogP contribution in [0.5, 0.6) is 0 Å². The third-order valence-electron chi connectivity index (χ3n) is 5.24. The predicted molar refractivity (Wildman–Crippen MR) is 101 cm³/mol. The summed E-state index contributed by atoms with van der Waals surface area (Å²) < 4.78 is 2.12. The lowest BCUT2D eigenvalue weighted by Crippen LogP contribution is -2.30. The van der Waals surface area contributed by atoms with E-state index in [1.165, 1.54) is 0 Å². The highest BCUT2D eigenvalue weighted by Crippen LogP contribution is 2.24. The molecule has 0 radical (unpaired) electrons. The number of hydrazine groups is 1. The third-order valence-corrected chi connectivity index (χ3v) is 5.24. The molecule has 2 atom stereocenters. The molecule has 1 saturated heterocycles. The highest BCUT2D eigenvalue weighted by Gasteiger charge is 2.29. The molecule has 3 N–H and O–H groups in total. The highest BCUT2D eigenvalue weighted by atomic mass is 16.1. The minimum Gasteiger partial charge on any atom is -0.331 e. The first-order valence-electron chi connectivity index (χ1n) is 9.14. The number of hydrogen-bond acceptors (Lipinski definition) is 4. The largest absolute Gasteiger partial charge is 0.331 e. The quantitative estimate of drug-likeness (QED) is 0.781. The molecule has 6 heteroatoms. The fraction of sp³-hybridized carbons (Fsp3) is 0.579. The summed E-state index contributed by atoms with van der Waals surface area (Å²) in [5.41, 5.74) is 9.31. The maximum absolute atomic E-state index is 12.3. The second kappa shape index (κ2) is 7.14. The monoisotopic (exact) mass is 343 g/mol. The molecule has 1 aromatic carbocycles. The number of benzene rings is 1. The van der Waals surface area contributed by atoms with Crippen molar-refractivity contribution >= 4 is 22.6 Å². The second-order valence-corrected chi connectivity index (χ2v) is 7.50. The van der Waals surface area contributed by atoms with Crippen molar-refractivity contribution in [3.05, 3.63) is 24.0 Å². The number of imidazole rings is 1. The van der Waals surface area contributed by atoms with Gasteiger partial charge in [-0.2, -0.15) is 0 Å². The molecule has 3 rings (SSSR count). The summed E-state index contributed by atoms with van der Waals surface area (Å²) in [6, 6.07) is 6.72. The number of carbonyl (C=O) groups is 1. The van der Waals surface area contributed by atoms with Gasteiger partial charge in [0.25, 0.3) is 0 Å². The highest BCUT2D eigenvalue weighted by molar-refractivity contribution is 5.93. The van der Waals surface area contributed by atoms with Crippen molar-refractivity contribution in [2.45, 2.75) is 58.5 Å². The lowest BCUT2D eigenvalue weighted by molar-refractivity contribution is -0.116. The number of carbonyl (C=O) groups excluding carboxylic acids is 1. The summed E-state index contributed by atoms with van der Waals surface area (Å²) in [4.78, 5) is 17.0. The van der Waals surface area contributed by atoms with Gasteiger partial charge in [-0.25, -0.2) is 4.98 Å². The molecule has 2 heterocycles. The van der Waals surface area contributed by atoms with Crippen molar-refractivity contribution in [3.63, 3.8) is 0 Å². The SMILES string of the molecule is CC(C)c1nc2cc(NC(=O)CCC3C(C)NNC3C)ccc2n1C. The summed E-state index contributed by atoms with van der Waals surface area (Å²) in [5.74, 6) is 1.96. The summed E-state index contributed by atoms with van der Waals surface area (Å²) in [5, 5.41) is 3.02. The minimum atomic E-state index is 0.0608. The van der Waals surface area contributed by atoms with Crippen LogP contribution >= 0.6 is 0 Å². The van der Waals surface area contributed by atoms with Gasteiger partial charge in [0, 0.05) is 37.2 Å². The van der Waals surface area contributed by atoms with Crippen molar-refractivity contribution < 1.29 is 4.79 Å². The first kappa shape index (κ1) is 17.9. The Balaban J connectivity index is 1.65. The van der Waals surface area contributed by atoms with E-state index in [2.05, 4.69) is 48.4 Å². The van der Waals surface area contributed by atoms with Crippen molar-refractivity contribution in [3.8, 4) is 0 Å². The van der Waals surface area contributed by atoms with E-state index in [-0.39, 0.29) is 5.91 Å². The minimum absolute atomic E-state index is 0.0608. The van der Waals surface area contributed by atoms with Gasteiger partial charge in [0.05, 0.1) is 11.0 Å². The van der Waals surface area contributed by atoms with Crippen LogP contribution in [0.4, 0.5) is 5.69 Å². The van der Waals surface area contributed by atoms with Gasteiger partial charge in [0.15, 0.2) is 0 Å². The number of aromatic nitrogens is 2. The summed E-state index contributed by atoms with van der Waals surface area (Å²) in [6.07, 6.45) is 1.40. The molecule has 1 amide bonds. The molecule has 1 aliphatic heterocycles. The average Bonchev–Trinajstić information content (AvgIpc) is 3.05. The Kier molecular flexibility index (Phi) is 5.11. The topological polar surface area (TPSA) is 71.0 Å². The zero-order valence-electron chi connectivity index (χ0n) is 15.8. The Morgan fingerprint density at radius 3 is 2.60 bits per heavy atom. The zero-order chi connectivity index (χ0) is 18.1. The molecule has 0 bridgehead atoms. The lowest BCUT2D eigenvalue weighted by atomic mass is 9.91. The van der Waals surface area contributed by atoms with E-state index in [4.69, 9.17) is 4.98 Å². The van der Waals surface area contributed by atoms with Gasteiger partial charge in [-0.3, -0.25) is 15.6 Å². The maximum Gasteiger partial charge on any atom is 0.224 e. The van der Waals surface area contributed by atoms with E-state index in [0.29, 0.717) is 30.3 Å². The summed E-state index contributed by atoms with van der Waals surface area (Å²) >= 11 is 0. The first-order chi connectivity index (χ1) is 11.9. The van der Waals surface area contributed by atoms with Crippen molar-refractivity contribution in [2.24, 2.45) is 13.0 Å². The van der Waals surface area contributed by atoms with Gasteiger partial charge in [-0.05, 0) is 44.4 Å². The van der Waals surface area contributed by atoms with E-state index < -0.39 is 0 Å². The van der Waals surface area contributed by atoms with Crippen molar-refractivity contribution in [2.75, 3.05) is 5.32 Å². The number of nitrogens with zero attached hydrogens (tertiary/aromatic N) is 2. The van der Waals surface area contributed by atoms with Crippen LogP contribution < -0.4 is 16.2 Å². The number of hydrogen-bond donors (Lipinski definition) is 3. The normalized spacial score (nSPS) is 23.5. The number of nitrogens with one attached hydrogen (secondary N) is 3. The standard InChI is InChI=1S/C19H29N5O/c1-11(2)19-21-16-10-14(6-8-17(16)24(19)5)20-18(25)9-7-15-12(3)22-23-13(15)4/h6,8,10-13,15,22-23H,7,9H2,1-5H3,(H,20,25). The number of anilines is 1. The third kappa shape index (κ3) is 3.70. The molecule has 0 aliphatic carbocycles. The number of amides is 1. The average molecular weight is 343 g/mol. The van der Waals surface area contributed by atoms with Crippen LogP contribution in [0.15, 0.2) is 18.2 Å². The Labute approximate surface area is 149 Å².